The average Bonchev–Trinajstić information content (AvgIpc) is 2.44. The number of nitrogens with zero attached hydrogens (tertiary/aromatic N) is 3. The smallest absolute Gasteiger partial charge is 0.0693 e. The molecule has 1 aromatic rings. The largest absolute Gasteiger partial charge is 0.276 e. The molecule has 0 aromatic carbocycles. The zero-order valence-corrected chi connectivity index (χ0v) is 7.82. The van der Waals surface area contributed by atoms with E-state index in [0.717, 1.165) is 25.0 Å². The molecule has 68 valence electrons. The van der Waals surface area contributed by atoms with E-state index in [0.29, 0.717) is 0 Å². The third-order valence-electron chi connectivity index (χ3n) is 2.84. The van der Waals surface area contributed by atoms with Gasteiger partial charge < -0.3 is 0 Å². The molecule has 3 nitrogen and oxygen atoms in total. The Morgan fingerprint density at radius 1 is 1.69 bits per heavy atom. The van der Waals surface area contributed by atoms with Gasteiger partial charge in [-0.3, -0.25) is 4.68 Å². The van der Waals surface area contributed by atoms with Crippen LogP contribution in [0.3, 0.4) is 0 Å². The van der Waals surface area contributed by atoms with Crippen LogP contribution in [0.5, 0.6) is 0 Å². The summed E-state index contributed by atoms with van der Waals surface area (Å²) >= 11 is 0. The van der Waals surface area contributed by atoms with E-state index in [1.165, 1.54) is 6.42 Å². The van der Waals surface area contributed by atoms with E-state index in [4.69, 9.17) is 5.26 Å². The maximum Gasteiger partial charge on any atom is 0.0693 e. The van der Waals surface area contributed by atoms with Crippen LogP contribution in [-0.4, -0.2) is 9.78 Å². The molecule has 0 N–H and O–H groups in total. The van der Waals surface area contributed by atoms with Crippen molar-refractivity contribution in [1.29, 1.82) is 5.26 Å². The molecule has 1 aliphatic carbocycles. The van der Waals surface area contributed by atoms with Crippen molar-refractivity contribution in [3.8, 4) is 6.07 Å². The van der Waals surface area contributed by atoms with E-state index in [2.05, 4.69) is 11.2 Å². The lowest BCUT2D eigenvalue weighted by Crippen LogP contribution is -2.30. The minimum Gasteiger partial charge on any atom is -0.276 e. The fourth-order valence-corrected chi connectivity index (χ4v) is 1.84. The Labute approximate surface area is 78.0 Å². The predicted molar refractivity (Wildman–Crippen MR) is 48.8 cm³/mol. The number of hydrogen-bond acceptors (Lipinski definition) is 2. The lowest BCUT2D eigenvalue weighted by molar-refractivity contribution is 0.212. The molecular formula is C10H13N3. The summed E-state index contributed by atoms with van der Waals surface area (Å²) in [5, 5.41) is 13.3. The highest BCUT2D eigenvalue weighted by Gasteiger charge is 2.37. The van der Waals surface area contributed by atoms with Crippen molar-refractivity contribution >= 4 is 0 Å². The van der Waals surface area contributed by atoms with Crippen LogP contribution in [0.4, 0.5) is 0 Å². The Morgan fingerprint density at radius 2 is 2.46 bits per heavy atom. The van der Waals surface area contributed by atoms with E-state index in [1.54, 1.807) is 4.68 Å². The fourth-order valence-electron chi connectivity index (χ4n) is 1.84. The highest BCUT2D eigenvalue weighted by atomic mass is 15.2. The molecule has 0 unspecified atom stereocenters. The van der Waals surface area contributed by atoms with Crippen molar-refractivity contribution in [2.75, 3.05) is 0 Å². The van der Waals surface area contributed by atoms with Gasteiger partial charge in [0, 0.05) is 19.7 Å². The van der Waals surface area contributed by atoms with Crippen molar-refractivity contribution in [1.82, 2.24) is 9.78 Å². The van der Waals surface area contributed by atoms with Gasteiger partial charge in [-0.2, -0.15) is 10.4 Å². The number of aromatic nitrogens is 2. The first kappa shape index (κ1) is 8.31. The molecule has 0 saturated heterocycles. The van der Waals surface area contributed by atoms with E-state index in [1.807, 2.05) is 19.3 Å². The van der Waals surface area contributed by atoms with Crippen LogP contribution in [0.25, 0.3) is 0 Å². The average molecular weight is 175 g/mol. The molecule has 2 rings (SSSR count). The second-order valence-corrected chi connectivity index (χ2v) is 3.90. The van der Waals surface area contributed by atoms with Gasteiger partial charge in [0.05, 0.1) is 17.2 Å². The zero-order valence-electron chi connectivity index (χ0n) is 7.82. The van der Waals surface area contributed by atoms with E-state index in [-0.39, 0.29) is 5.41 Å². The molecule has 3 heteroatoms. The summed E-state index contributed by atoms with van der Waals surface area (Å²) in [6, 6.07) is 4.42. The van der Waals surface area contributed by atoms with E-state index < -0.39 is 0 Å². The predicted octanol–water partition coefficient (Wildman–Crippen LogP) is 1.66. The van der Waals surface area contributed by atoms with Crippen LogP contribution in [0, 0.1) is 16.7 Å². The molecule has 1 fully saturated rings. The van der Waals surface area contributed by atoms with Gasteiger partial charge in [-0.15, -0.1) is 0 Å². The Kier molecular flexibility index (Phi) is 1.84. The maximum absolute atomic E-state index is 9.02. The van der Waals surface area contributed by atoms with Crippen molar-refractivity contribution in [3.05, 3.63) is 18.0 Å². The van der Waals surface area contributed by atoms with Crippen LogP contribution < -0.4 is 0 Å². The molecule has 0 aliphatic heterocycles. The number of hydrogen-bond donors (Lipinski definition) is 0. The van der Waals surface area contributed by atoms with Gasteiger partial charge in [-0.25, -0.2) is 0 Å². The summed E-state index contributed by atoms with van der Waals surface area (Å²) in [5.74, 6) is 0. The summed E-state index contributed by atoms with van der Waals surface area (Å²) in [5.41, 5.74) is 0.956. The monoisotopic (exact) mass is 175 g/mol. The van der Waals surface area contributed by atoms with Gasteiger partial charge in [0.15, 0.2) is 0 Å². The van der Waals surface area contributed by atoms with Crippen LogP contribution in [0.2, 0.25) is 0 Å². The third kappa shape index (κ3) is 1.44. The lowest BCUT2D eigenvalue weighted by Gasteiger charge is -2.34. The zero-order chi connectivity index (χ0) is 9.31. The molecule has 0 bridgehead atoms. The highest BCUT2D eigenvalue weighted by molar-refractivity contribution is 5.13. The molecule has 1 aromatic heterocycles. The summed E-state index contributed by atoms with van der Waals surface area (Å²) < 4.78 is 1.79. The van der Waals surface area contributed by atoms with Gasteiger partial charge in [0.2, 0.25) is 0 Å². The molecule has 1 aliphatic rings. The van der Waals surface area contributed by atoms with Crippen molar-refractivity contribution in [2.24, 2.45) is 12.5 Å². The fraction of sp³-hybridized carbons (Fsp3) is 0.600. The van der Waals surface area contributed by atoms with E-state index >= 15 is 0 Å². The summed E-state index contributed by atoms with van der Waals surface area (Å²) in [4.78, 5) is 0. The first-order valence-electron chi connectivity index (χ1n) is 4.64. The minimum atomic E-state index is -0.0889. The normalized spacial score (nSPS) is 19.1. The second kappa shape index (κ2) is 2.88. The van der Waals surface area contributed by atoms with Crippen LogP contribution >= 0.6 is 0 Å². The topological polar surface area (TPSA) is 41.6 Å². The van der Waals surface area contributed by atoms with Gasteiger partial charge in [-0.1, -0.05) is 6.42 Å². The first-order chi connectivity index (χ1) is 6.24. The minimum absolute atomic E-state index is 0.0889. The Bertz CT molecular complexity index is 341. The van der Waals surface area contributed by atoms with E-state index in [9.17, 15) is 0 Å². The van der Waals surface area contributed by atoms with Crippen molar-refractivity contribution in [3.63, 3.8) is 0 Å². The Balaban J connectivity index is 2.09. The van der Waals surface area contributed by atoms with Crippen LogP contribution in [-0.2, 0) is 13.5 Å². The number of aryl methyl sites for hydroxylation is 1. The summed E-state index contributed by atoms with van der Waals surface area (Å²) in [6.07, 6.45) is 6.03. The quantitative estimate of drug-likeness (QED) is 0.686. The van der Waals surface area contributed by atoms with Gasteiger partial charge in [0.25, 0.3) is 0 Å². The lowest BCUT2D eigenvalue weighted by atomic mass is 9.67. The SMILES string of the molecule is Cn1ccc(CC2(C#N)CCC2)n1. The van der Waals surface area contributed by atoms with Crippen molar-refractivity contribution < 1.29 is 0 Å². The maximum atomic E-state index is 9.02. The Hall–Kier alpha value is -1.30. The Morgan fingerprint density at radius 3 is 2.85 bits per heavy atom. The van der Waals surface area contributed by atoms with Gasteiger partial charge in [0.1, 0.15) is 0 Å². The molecule has 13 heavy (non-hydrogen) atoms. The molecule has 0 amide bonds. The highest BCUT2D eigenvalue weighted by Crippen LogP contribution is 2.42. The van der Waals surface area contributed by atoms with Gasteiger partial charge >= 0.3 is 0 Å². The standard InChI is InChI=1S/C10H13N3/c1-13-6-3-9(12-13)7-10(8-11)4-2-5-10/h3,6H,2,4-5,7H2,1H3. The number of rotatable bonds is 2. The van der Waals surface area contributed by atoms with Crippen molar-refractivity contribution in [2.45, 2.75) is 25.7 Å². The molecule has 0 radical (unpaired) electrons. The molecule has 0 atom stereocenters. The van der Waals surface area contributed by atoms with Crippen LogP contribution in [0.1, 0.15) is 25.0 Å². The summed E-state index contributed by atoms with van der Waals surface area (Å²) in [7, 11) is 1.91. The molecule has 1 saturated carbocycles. The second-order valence-electron chi connectivity index (χ2n) is 3.90. The first-order valence-corrected chi connectivity index (χ1v) is 4.64. The molecule has 1 heterocycles. The van der Waals surface area contributed by atoms with Gasteiger partial charge in [-0.05, 0) is 18.9 Å². The summed E-state index contributed by atoms with van der Waals surface area (Å²) in [6.45, 7) is 0. The molecular weight excluding hydrogens is 162 g/mol. The molecule has 0 spiro atoms. The van der Waals surface area contributed by atoms with Crippen LogP contribution in [0.15, 0.2) is 12.3 Å². The number of nitriles is 1. The third-order valence-corrected chi connectivity index (χ3v) is 2.84.